The first kappa shape index (κ1) is 14.6. The van der Waals surface area contributed by atoms with Crippen LogP contribution in [0.15, 0.2) is 64.3 Å². The Kier molecular flexibility index (Phi) is 3.99. The molecule has 0 saturated heterocycles. The number of thiazole rings is 1. The van der Waals surface area contributed by atoms with Gasteiger partial charge in [-0.1, -0.05) is 47.6 Å². The summed E-state index contributed by atoms with van der Waals surface area (Å²) in [5, 5.41) is 4.57. The largest absolute Gasteiger partial charge is 0.327 e. The second-order valence-corrected chi connectivity index (χ2v) is 7.36. The van der Waals surface area contributed by atoms with Crippen molar-refractivity contribution in [3.63, 3.8) is 0 Å². The lowest BCUT2D eigenvalue weighted by molar-refractivity contribution is 0.341. The van der Waals surface area contributed by atoms with Crippen molar-refractivity contribution in [1.82, 2.24) is 14.7 Å². The van der Waals surface area contributed by atoms with Gasteiger partial charge in [-0.3, -0.25) is 0 Å². The summed E-state index contributed by atoms with van der Waals surface area (Å²) in [5.41, 5.74) is 2.08. The van der Waals surface area contributed by atoms with Gasteiger partial charge in [0.05, 0.1) is 16.1 Å². The quantitative estimate of drug-likeness (QED) is 0.369. The molecule has 2 aromatic carbocycles. The minimum Gasteiger partial charge on any atom is -0.327 e. The van der Waals surface area contributed by atoms with Gasteiger partial charge in [0, 0.05) is 5.56 Å². The van der Waals surface area contributed by atoms with E-state index in [0.29, 0.717) is 16.9 Å². The summed E-state index contributed by atoms with van der Waals surface area (Å²) in [6.07, 6.45) is 0. The summed E-state index contributed by atoms with van der Waals surface area (Å²) in [4.78, 5) is 4.43. The molecule has 0 aliphatic heterocycles. The number of benzene rings is 2. The highest BCUT2D eigenvalue weighted by atomic mass is 32.2. The lowest BCUT2D eigenvalue weighted by Crippen LogP contribution is -1.93. The first-order valence-electron chi connectivity index (χ1n) is 6.91. The zero-order valence-corrected chi connectivity index (χ0v) is 14.3. The number of rotatable bonds is 4. The molecule has 4 nitrogen and oxygen atoms in total. The van der Waals surface area contributed by atoms with E-state index in [4.69, 9.17) is 16.7 Å². The standard InChI is InChI=1S/C16H11N3OS3/c21-16-19(12-8-4-5-9-13(12)23-16)10-22-15-17-14(18-20-15)11-6-2-1-3-7-11/h1-9H,10H2. The lowest BCUT2D eigenvalue weighted by Gasteiger charge is -2.01. The van der Waals surface area contributed by atoms with E-state index < -0.39 is 0 Å². The molecule has 0 unspecified atom stereocenters. The van der Waals surface area contributed by atoms with Crippen molar-refractivity contribution in [3.8, 4) is 11.4 Å². The molecule has 23 heavy (non-hydrogen) atoms. The average Bonchev–Trinajstić information content (AvgIpc) is 3.18. The van der Waals surface area contributed by atoms with Gasteiger partial charge >= 0.3 is 0 Å². The van der Waals surface area contributed by atoms with Crippen molar-refractivity contribution in [2.75, 3.05) is 0 Å². The molecular formula is C16H11N3OS3. The van der Waals surface area contributed by atoms with Gasteiger partial charge in [-0.15, -0.1) is 11.3 Å². The minimum absolute atomic E-state index is 0.543. The van der Waals surface area contributed by atoms with Crippen LogP contribution in [0.2, 0.25) is 0 Å². The van der Waals surface area contributed by atoms with Crippen molar-refractivity contribution in [1.29, 1.82) is 0 Å². The van der Waals surface area contributed by atoms with Crippen molar-refractivity contribution in [3.05, 3.63) is 58.6 Å². The third-order valence-corrected chi connectivity index (χ3v) is 5.56. The van der Waals surface area contributed by atoms with Crippen LogP contribution in [0.25, 0.3) is 21.6 Å². The molecule has 0 saturated carbocycles. The van der Waals surface area contributed by atoms with Gasteiger partial charge in [0.25, 0.3) is 5.22 Å². The van der Waals surface area contributed by atoms with Crippen molar-refractivity contribution < 1.29 is 4.52 Å². The van der Waals surface area contributed by atoms with E-state index in [1.807, 2.05) is 42.5 Å². The molecule has 0 radical (unpaired) electrons. The molecule has 7 heteroatoms. The Hall–Kier alpha value is -1.96. The molecule has 0 aliphatic carbocycles. The van der Waals surface area contributed by atoms with Crippen molar-refractivity contribution in [2.45, 2.75) is 11.1 Å². The summed E-state index contributed by atoms with van der Waals surface area (Å²) in [5.74, 6) is 1.26. The zero-order chi connectivity index (χ0) is 15.6. The zero-order valence-electron chi connectivity index (χ0n) is 11.9. The van der Waals surface area contributed by atoms with E-state index in [1.165, 1.54) is 16.5 Å². The Labute approximate surface area is 145 Å². The number of nitrogens with zero attached hydrogens (tertiary/aromatic N) is 3. The van der Waals surface area contributed by atoms with Gasteiger partial charge in [0.15, 0.2) is 3.95 Å². The Morgan fingerprint density at radius 3 is 2.74 bits per heavy atom. The monoisotopic (exact) mass is 357 g/mol. The molecule has 0 N–H and O–H groups in total. The number of fused-ring (bicyclic) bond motifs is 1. The molecule has 4 rings (SSSR count). The highest BCUT2D eigenvalue weighted by Gasteiger charge is 2.10. The third-order valence-electron chi connectivity index (χ3n) is 3.33. The Morgan fingerprint density at radius 2 is 1.87 bits per heavy atom. The summed E-state index contributed by atoms with van der Waals surface area (Å²) in [6.45, 7) is 0. The van der Waals surface area contributed by atoms with Crippen LogP contribution in [0, 0.1) is 3.95 Å². The van der Waals surface area contributed by atoms with Gasteiger partial charge in [-0.05, 0) is 36.1 Å². The molecule has 2 heterocycles. The second kappa shape index (κ2) is 6.27. The summed E-state index contributed by atoms with van der Waals surface area (Å²) < 4.78 is 9.45. The molecule has 4 aromatic rings. The molecule has 0 atom stereocenters. The van der Waals surface area contributed by atoms with Gasteiger partial charge < -0.3 is 9.09 Å². The Morgan fingerprint density at radius 1 is 1.09 bits per heavy atom. The highest BCUT2D eigenvalue weighted by molar-refractivity contribution is 7.98. The topological polar surface area (TPSA) is 43.9 Å². The first-order chi connectivity index (χ1) is 11.3. The predicted molar refractivity (Wildman–Crippen MR) is 96.2 cm³/mol. The average molecular weight is 357 g/mol. The van der Waals surface area contributed by atoms with E-state index >= 15 is 0 Å². The van der Waals surface area contributed by atoms with E-state index in [-0.39, 0.29) is 0 Å². The SMILES string of the molecule is S=c1sc2ccccc2n1CSc1nc(-c2ccccc2)no1. The van der Waals surface area contributed by atoms with E-state index in [0.717, 1.165) is 15.0 Å². The molecule has 0 bridgehead atoms. The number of thioether (sulfide) groups is 1. The normalized spacial score (nSPS) is 11.1. The summed E-state index contributed by atoms with van der Waals surface area (Å²) in [6, 6.07) is 18.0. The highest BCUT2D eigenvalue weighted by Crippen LogP contribution is 2.27. The van der Waals surface area contributed by atoms with E-state index in [9.17, 15) is 0 Å². The number of aromatic nitrogens is 3. The molecule has 114 valence electrons. The van der Waals surface area contributed by atoms with Gasteiger partial charge in [0.1, 0.15) is 0 Å². The van der Waals surface area contributed by atoms with Crippen molar-refractivity contribution in [2.24, 2.45) is 0 Å². The molecule has 0 spiro atoms. The molecule has 0 aliphatic rings. The van der Waals surface area contributed by atoms with Crippen molar-refractivity contribution >= 4 is 45.5 Å². The summed E-state index contributed by atoms with van der Waals surface area (Å²) >= 11 is 8.55. The molecule has 0 fully saturated rings. The first-order valence-corrected chi connectivity index (χ1v) is 9.12. The van der Waals surface area contributed by atoms with Crippen LogP contribution in [-0.4, -0.2) is 14.7 Å². The van der Waals surface area contributed by atoms with Crippen LogP contribution < -0.4 is 0 Å². The second-order valence-electron chi connectivity index (χ2n) is 4.79. The maximum absolute atomic E-state index is 5.45. The fourth-order valence-electron chi connectivity index (χ4n) is 2.23. The Balaban J connectivity index is 1.56. The third kappa shape index (κ3) is 2.95. The van der Waals surface area contributed by atoms with E-state index in [2.05, 4.69) is 26.8 Å². The predicted octanol–water partition coefficient (Wildman–Crippen LogP) is 5.23. The number of para-hydroxylation sites is 1. The van der Waals surface area contributed by atoms with Crippen LogP contribution in [0.1, 0.15) is 0 Å². The van der Waals surface area contributed by atoms with Gasteiger partial charge in [-0.25, -0.2) is 0 Å². The summed E-state index contributed by atoms with van der Waals surface area (Å²) in [7, 11) is 0. The fourth-order valence-corrected chi connectivity index (χ4v) is 4.46. The maximum atomic E-state index is 5.45. The maximum Gasteiger partial charge on any atom is 0.287 e. The minimum atomic E-state index is 0.543. The van der Waals surface area contributed by atoms with Crippen LogP contribution in [0.5, 0.6) is 0 Å². The molecule has 0 amide bonds. The van der Waals surface area contributed by atoms with Crippen LogP contribution in [-0.2, 0) is 5.88 Å². The van der Waals surface area contributed by atoms with Gasteiger partial charge in [0.2, 0.25) is 5.82 Å². The van der Waals surface area contributed by atoms with Crippen LogP contribution in [0.4, 0.5) is 0 Å². The van der Waals surface area contributed by atoms with Crippen LogP contribution in [0.3, 0.4) is 0 Å². The number of hydrogen-bond acceptors (Lipinski definition) is 6. The lowest BCUT2D eigenvalue weighted by atomic mass is 10.2. The Bertz CT molecular complexity index is 1000. The number of hydrogen-bond donors (Lipinski definition) is 0. The smallest absolute Gasteiger partial charge is 0.287 e. The molecular weight excluding hydrogens is 346 g/mol. The fraction of sp³-hybridized carbons (Fsp3) is 0.0625. The molecule has 2 aromatic heterocycles. The van der Waals surface area contributed by atoms with Gasteiger partial charge in [-0.2, -0.15) is 4.98 Å². The van der Waals surface area contributed by atoms with Crippen LogP contribution >= 0.6 is 35.3 Å². The van der Waals surface area contributed by atoms with E-state index in [1.54, 1.807) is 11.3 Å².